The Kier molecular flexibility index (Phi) is 3.47. The van der Waals surface area contributed by atoms with Gasteiger partial charge in [-0.05, 0) is 31.9 Å². The molecule has 0 saturated heterocycles. The first-order valence-electron chi connectivity index (χ1n) is 6.08. The second kappa shape index (κ2) is 5.04. The summed E-state index contributed by atoms with van der Waals surface area (Å²) < 4.78 is 1.80. The number of hydrogen-bond acceptors (Lipinski definition) is 1. The maximum atomic E-state index is 11.7. The van der Waals surface area contributed by atoms with Crippen LogP contribution in [0, 0.1) is 6.92 Å². The van der Waals surface area contributed by atoms with Crippen molar-refractivity contribution in [1.82, 2.24) is 9.78 Å². The number of nitrogens with zero attached hydrogens (tertiary/aromatic N) is 1. The summed E-state index contributed by atoms with van der Waals surface area (Å²) in [4.78, 5) is 11.7. The highest BCUT2D eigenvalue weighted by atomic mass is 16.1. The smallest absolute Gasteiger partial charge is 0.267 e. The highest BCUT2D eigenvalue weighted by Gasteiger charge is 2.04. The van der Waals surface area contributed by atoms with E-state index in [1.54, 1.807) is 4.68 Å². The number of benzene rings is 1. The number of nitrogens with one attached hydrogen (secondary N) is 1. The van der Waals surface area contributed by atoms with E-state index in [4.69, 9.17) is 0 Å². The van der Waals surface area contributed by atoms with Crippen molar-refractivity contribution in [3.63, 3.8) is 0 Å². The largest absolute Gasteiger partial charge is 0.268 e. The quantitative estimate of drug-likeness (QED) is 0.861. The fraction of sp³-hybridized carbons (Fsp3) is 0.357. The number of rotatable bonds is 4. The molecular formula is C14H18N2O. The van der Waals surface area contributed by atoms with Crippen LogP contribution in [0.25, 0.3) is 5.69 Å². The van der Waals surface area contributed by atoms with Crippen molar-refractivity contribution in [2.24, 2.45) is 0 Å². The Hall–Kier alpha value is -1.77. The average Bonchev–Trinajstić information content (AvgIpc) is 2.69. The van der Waals surface area contributed by atoms with Crippen LogP contribution >= 0.6 is 0 Å². The second-order valence-corrected chi connectivity index (χ2v) is 4.40. The van der Waals surface area contributed by atoms with Crippen LogP contribution in [0.5, 0.6) is 0 Å². The second-order valence-electron chi connectivity index (χ2n) is 4.40. The van der Waals surface area contributed by atoms with Gasteiger partial charge in [0.2, 0.25) is 0 Å². The Bertz CT molecular complexity index is 534. The molecule has 3 heteroatoms. The molecule has 0 aliphatic rings. The average molecular weight is 230 g/mol. The molecule has 0 aliphatic carbocycles. The summed E-state index contributed by atoms with van der Waals surface area (Å²) in [6.45, 7) is 4.18. The van der Waals surface area contributed by atoms with Crippen molar-refractivity contribution in [1.29, 1.82) is 0 Å². The summed E-state index contributed by atoms with van der Waals surface area (Å²) in [5.41, 5.74) is 3.11. The molecule has 90 valence electrons. The topological polar surface area (TPSA) is 37.8 Å². The summed E-state index contributed by atoms with van der Waals surface area (Å²) in [5.74, 6) is 0. The molecule has 0 radical (unpaired) electrons. The van der Waals surface area contributed by atoms with Crippen molar-refractivity contribution in [3.8, 4) is 5.69 Å². The van der Waals surface area contributed by atoms with Crippen LogP contribution in [0.4, 0.5) is 0 Å². The molecule has 0 unspecified atom stereocenters. The van der Waals surface area contributed by atoms with Crippen molar-refractivity contribution < 1.29 is 0 Å². The van der Waals surface area contributed by atoms with E-state index in [1.165, 1.54) is 5.56 Å². The van der Waals surface area contributed by atoms with Gasteiger partial charge in [0.1, 0.15) is 0 Å². The van der Waals surface area contributed by atoms with Crippen molar-refractivity contribution in [2.45, 2.75) is 33.1 Å². The molecule has 0 atom stereocenters. The molecule has 2 rings (SSSR count). The summed E-state index contributed by atoms with van der Waals surface area (Å²) >= 11 is 0. The van der Waals surface area contributed by atoms with Crippen molar-refractivity contribution >= 4 is 0 Å². The van der Waals surface area contributed by atoms with E-state index in [2.05, 4.69) is 18.9 Å². The van der Waals surface area contributed by atoms with E-state index in [-0.39, 0.29) is 5.56 Å². The lowest BCUT2D eigenvalue weighted by molar-refractivity contribution is 0.791. The number of H-pyrrole nitrogens is 1. The lowest BCUT2D eigenvalue weighted by atomic mass is 10.2. The monoisotopic (exact) mass is 230 g/mol. The molecule has 17 heavy (non-hydrogen) atoms. The van der Waals surface area contributed by atoms with E-state index < -0.39 is 0 Å². The van der Waals surface area contributed by atoms with Gasteiger partial charge in [-0.2, -0.15) is 0 Å². The minimum Gasteiger partial charge on any atom is -0.268 e. The third kappa shape index (κ3) is 2.67. The molecule has 1 N–H and O–H groups in total. The normalized spacial score (nSPS) is 10.7. The molecule has 3 nitrogen and oxygen atoms in total. The number of hydrogen-bond donors (Lipinski definition) is 1. The van der Waals surface area contributed by atoms with Gasteiger partial charge in [-0.3, -0.25) is 14.6 Å². The number of aromatic amines is 1. The first-order valence-corrected chi connectivity index (χ1v) is 6.08. The lowest BCUT2D eigenvalue weighted by Gasteiger charge is -2.01. The SMILES string of the molecule is CCCCc1cn(-c2ccc(C)cc2)[nH]c1=O. The van der Waals surface area contributed by atoms with E-state index in [0.717, 1.165) is 30.5 Å². The predicted molar refractivity (Wildman–Crippen MR) is 69.7 cm³/mol. The van der Waals surface area contributed by atoms with E-state index >= 15 is 0 Å². The van der Waals surface area contributed by atoms with E-state index in [9.17, 15) is 4.79 Å². The molecule has 0 saturated carbocycles. The zero-order valence-corrected chi connectivity index (χ0v) is 10.4. The maximum absolute atomic E-state index is 11.7. The van der Waals surface area contributed by atoms with Crippen LogP contribution in [-0.4, -0.2) is 9.78 Å². The fourth-order valence-corrected chi connectivity index (χ4v) is 1.82. The summed E-state index contributed by atoms with van der Waals surface area (Å²) in [5, 5.41) is 2.85. The first-order chi connectivity index (χ1) is 8.20. The third-order valence-electron chi connectivity index (χ3n) is 2.91. The minimum atomic E-state index is 0.0269. The molecular weight excluding hydrogens is 212 g/mol. The Labute approximate surface area is 101 Å². The van der Waals surface area contributed by atoms with Gasteiger partial charge >= 0.3 is 0 Å². The molecule has 0 aliphatic heterocycles. The van der Waals surface area contributed by atoms with Crippen LogP contribution in [0.1, 0.15) is 30.9 Å². The van der Waals surface area contributed by atoms with Gasteiger partial charge < -0.3 is 0 Å². The van der Waals surface area contributed by atoms with Gasteiger partial charge in [-0.1, -0.05) is 31.0 Å². The lowest BCUT2D eigenvalue weighted by Crippen LogP contribution is -2.07. The van der Waals surface area contributed by atoms with Crippen molar-refractivity contribution in [2.75, 3.05) is 0 Å². The van der Waals surface area contributed by atoms with Gasteiger partial charge in [-0.25, -0.2) is 0 Å². The summed E-state index contributed by atoms with van der Waals surface area (Å²) in [7, 11) is 0. The summed E-state index contributed by atoms with van der Waals surface area (Å²) in [6, 6.07) is 8.10. The van der Waals surface area contributed by atoms with Crippen LogP contribution in [0.15, 0.2) is 35.3 Å². The number of aromatic nitrogens is 2. The van der Waals surface area contributed by atoms with Crippen LogP contribution in [0.3, 0.4) is 0 Å². The Morgan fingerprint density at radius 3 is 2.59 bits per heavy atom. The zero-order valence-electron chi connectivity index (χ0n) is 10.4. The first kappa shape index (κ1) is 11.7. The van der Waals surface area contributed by atoms with Crippen LogP contribution < -0.4 is 5.56 Å². The van der Waals surface area contributed by atoms with Gasteiger partial charge in [0.05, 0.1) is 5.69 Å². The van der Waals surface area contributed by atoms with Crippen LogP contribution in [-0.2, 0) is 6.42 Å². The summed E-state index contributed by atoms with van der Waals surface area (Å²) in [6.07, 6.45) is 4.92. The van der Waals surface area contributed by atoms with Gasteiger partial charge in [-0.15, -0.1) is 0 Å². The molecule has 1 heterocycles. The highest BCUT2D eigenvalue weighted by Crippen LogP contribution is 2.08. The molecule has 2 aromatic rings. The van der Waals surface area contributed by atoms with Gasteiger partial charge in [0, 0.05) is 11.8 Å². The molecule has 0 bridgehead atoms. The zero-order chi connectivity index (χ0) is 12.3. The number of aryl methyl sites for hydroxylation is 2. The van der Waals surface area contributed by atoms with Gasteiger partial charge in [0.15, 0.2) is 0 Å². The van der Waals surface area contributed by atoms with Crippen molar-refractivity contribution in [3.05, 3.63) is 51.9 Å². The minimum absolute atomic E-state index is 0.0269. The predicted octanol–water partition coefficient (Wildman–Crippen LogP) is 2.82. The third-order valence-corrected chi connectivity index (χ3v) is 2.91. The van der Waals surface area contributed by atoms with Crippen LogP contribution in [0.2, 0.25) is 0 Å². The Balaban J connectivity index is 2.28. The van der Waals surface area contributed by atoms with Gasteiger partial charge in [0.25, 0.3) is 5.56 Å². The highest BCUT2D eigenvalue weighted by molar-refractivity contribution is 5.33. The fourth-order valence-electron chi connectivity index (χ4n) is 1.82. The Morgan fingerprint density at radius 2 is 1.94 bits per heavy atom. The van der Waals surface area contributed by atoms with E-state index in [1.807, 2.05) is 30.5 Å². The Morgan fingerprint density at radius 1 is 1.24 bits per heavy atom. The molecule has 1 aromatic carbocycles. The molecule has 0 spiro atoms. The molecule has 1 aromatic heterocycles. The number of unbranched alkanes of at least 4 members (excludes halogenated alkanes) is 1. The molecule has 0 fully saturated rings. The molecule has 0 amide bonds. The van der Waals surface area contributed by atoms with E-state index in [0.29, 0.717) is 0 Å². The maximum Gasteiger partial charge on any atom is 0.267 e. The standard InChI is InChI=1S/C14H18N2O/c1-3-4-5-12-10-16(15-14(12)17)13-8-6-11(2)7-9-13/h6-10H,3-5H2,1-2H3,(H,15,17).